The number of nitrogens with one attached hydrogen (secondary N) is 1. The molecular weight excluding hydrogens is 242 g/mol. The molecule has 0 aliphatic heterocycles. The van der Waals surface area contributed by atoms with Crippen LogP contribution in [0.15, 0.2) is 12.3 Å². The van der Waals surface area contributed by atoms with Crippen molar-refractivity contribution >= 4 is 17.5 Å². The molecule has 1 aliphatic rings. The van der Waals surface area contributed by atoms with Gasteiger partial charge in [0.25, 0.3) is 0 Å². The first-order valence-corrected chi connectivity index (χ1v) is 6.73. The van der Waals surface area contributed by atoms with Crippen molar-refractivity contribution in [2.45, 2.75) is 39.0 Å². The minimum absolute atomic E-state index is 0.187. The highest BCUT2D eigenvalue weighted by Crippen LogP contribution is 2.36. The molecule has 1 aromatic rings. The van der Waals surface area contributed by atoms with Crippen LogP contribution >= 0.6 is 0 Å². The van der Waals surface area contributed by atoms with Crippen molar-refractivity contribution in [2.24, 2.45) is 5.41 Å². The molecule has 2 rings (SSSR count). The fraction of sp³-hybridized carbons (Fsp3) is 0.571. The van der Waals surface area contributed by atoms with Crippen LogP contribution in [-0.2, 0) is 0 Å². The van der Waals surface area contributed by atoms with Crippen molar-refractivity contribution in [3.63, 3.8) is 0 Å². The molecule has 0 unspecified atom stereocenters. The Balaban J connectivity index is 2.08. The summed E-state index contributed by atoms with van der Waals surface area (Å²) in [6.07, 6.45) is 7.69. The second-order valence-electron chi connectivity index (χ2n) is 5.68. The number of aromatic nitrogens is 1. The fourth-order valence-electron chi connectivity index (χ4n) is 2.68. The lowest BCUT2D eigenvalue weighted by molar-refractivity contribution is 0.0697. The van der Waals surface area contributed by atoms with Crippen LogP contribution in [0.2, 0.25) is 0 Å². The van der Waals surface area contributed by atoms with Gasteiger partial charge in [-0.1, -0.05) is 26.2 Å². The van der Waals surface area contributed by atoms with E-state index in [0.29, 0.717) is 5.69 Å². The number of nitrogens with zero attached hydrogens (tertiary/aromatic N) is 1. The van der Waals surface area contributed by atoms with Crippen LogP contribution < -0.4 is 11.1 Å². The highest BCUT2D eigenvalue weighted by molar-refractivity contribution is 5.94. The Morgan fingerprint density at radius 1 is 1.47 bits per heavy atom. The van der Waals surface area contributed by atoms with Gasteiger partial charge in [-0.3, -0.25) is 0 Å². The van der Waals surface area contributed by atoms with E-state index >= 15 is 0 Å². The molecule has 1 aromatic heterocycles. The van der Waals surface area contributed by atoms with Crippen LogP contribution in [-0.4, -0.2) is 22.6 Å². The van der Waals surface area contributed by atoms with E-state index in [0.717, 1.165) is 6.54 Å². The van der Waals surface area contributed by atoms with E-state index < -0.39 is 5.97 Å². The maximum atomic E-state index is 11.2. The second kappa shape index (κ2) is 5.47. The average molecular weight is 263 g/mol. The summed E-state index contributed by atoms with van der Waals surface area (Å²) in [5, 5.41) is 12.4. The largest absolute Gasteiger partial charge is 0.478 e. The van der Waals surface area contributed by atoms with Gasteiger partial charge in [-0.15, -0.1) is 0 Å². The minimum Gasteiger partial charge on any atom is -0.478 e. The molecule has 0 amide bonds. The summed E-state index contributed by atoms with van der Waals surface area (Å²) >= 11 is 0. The summed E-state index contributed by atoms with van der Waals surface area (Å²) in [6, 6.07) is 1.40. The number of nitrogen functional groups attached to an aromatic ring is 1. The zero-order chi connectivity index (χ0) is 13.9. The molecule has 0 saturated heterocycles. The Morgan fingerprint density at radius 2 is 2.16 bits per heavy atom. The van der Waals surface area contributed by atoms with Gasteiger partial charge in [0.1, 0.15) is 5.82 Å². The van der Waals surface area contributed by atoms with Crippen molar-refractivity contribution in [1.82, 2.24) is 4.98 Å². The van der Waals surface area contributed by atoms with E-state index in [1.54, 1.807) is 0 Å². The van der Waals surface area contributed by atoms with Gasteiger partial charge in [0.05, 0.1) is 17.4 Å². The maximum absolute atomic E-state index is 11.2. The molecule has 0 spiro atoms. The zero-order valence-electron chi connectivity index (χ0n) is 11.3. The summed E-state index contributed by atoms with van der Waals surface area (Å²) in [5.74, 6) is -0.753. The third-order valence-corrected chi connectivity index (χ3v) is 3.92. The fourth-order valence-corrected chi connectivity index (χ4v) is 2.68. The number of hydrogen-bond donors (Lipinski definition) is 3. The lowest BCUT2D eigenvalue weighted by atomic mass is 9.75. The van der Waals surface area contributed by atoms with E-state index in [2.05, 4.69) is 17.2 Å². The molecule has 5 nitrogen and oxygen atoms in total. The van der Waals surface area contributed by atoms with E-state index in [1.165, 1.54) is 44.4 Å². The summed E-state index contributed by atoms with van der Waals surface area (Å²) < 4.78 is 0. The minimum atomic E-state index is -0.981. The molecule has 0 bridgehead atoms. The zero-order valence-corrected chi connectivity index (χ0v) is 11.3. The Kier molecular flexibility index (Phi) is 3.93. The molecule has 1 heterocycles. The Labute approximate surface area is 113 Å². The molecule has 1 saturated carbocycles. The Hall–Kier alpha value is -1.78. The van der Waals surface area contributed by atoms with E-state index in [9.17, 15) is 4.79 Å². The van der Waals surface area contributed by atoms with Crippen LogP contribution in [0.4, 0.5) is 11.5 Å². The van der Waals surface area contributed by atoms with Crippen molar-refractivity contribution in [2.75, 3.05) is 17.6 Å². The predicted octanol–water partition coefficient (Wildman–Crippen LogP) is 2.74. The van der Waals surface area contributed by atoms with Gasteiger partial charge in [-0.05, 0) is 24.3 Å². The van der Waals surface area contributed by atoms with E-state index in [-0.39, 0.29) is 16.8 Å². The summed E-state index contributed by atoms with van der Waals surface area (Å²) in [7, 11) is 0. The van der Waals surface area contributed by atoms with Gasteiger partial charge in [-0.2, -0.15) is 0 Å². The molecule has 0 atom stereocenters. The molecule has 0 aromatic carbocycles. The van der Waals surface area contributed by atoms with Crippen LogP contribution in [0, 0.1) is 5.41 Å². The number of pyridine rings is 1. The summed E-state index contributed by atoms with van der Waals surface area (Å²) in [6.45, 7) is 3.03. The third-order valence-electron chi connectivity index (χ3n) is 3.92. The number of aromatic carboxylic acids is 1. The van der Waals surface area contributed by atoms with Gasteiger partial charge in [0, 0.05) is 6.54 Å². The molecular formula is C14H21N3O2. The summed E-state index contributed by atoms with van der Waals surface area (Å²) in [4.78, 5) is 15.1. The molecule has 1 fully saturated rings. The number of anilines is 2. The van der Waals surface area contributed by atoms with E-state index in [4.69, 9.17) is 10.8 Å². The first-order chi connectivity index (χ1) is 9.00. The number of hydrogen-bond acceptors (Lipinski definition) is 4. The SMILES string of the molecule is CC1(CNc2cnc(N)cc2C(=O)O)CCCCC1. The van der Waals surface area contributed by atoms with Gasteiger partial charge in [0.15, 0.2) is 0 Å². The number of nitrogens with two attached hydrogens (primary N) is 1. The smallest absolute Gasteiger partial charge is 0.337 e. The quantitative estimate of drug-likeness (QED) is 0.777. The van der Waals surface area contributed by atoms with Gasteiger partial charge >= 0.3 is 5.97 Å². The monoisotopic (exact) mass is 263 g/mol. The average Bonchev–Trinajstić information content (AvgIpc) is 2.38. The van der Waals surface area contributed by atoms with Gasteiger partial charge in [0.2, 0.25) is 0 Å². The normalized spacial score (nSPS) is 17.9. The number of carboxylic acids is 1. The Morgan fingerprint density at radius 3 is 2.79 bits per heavy atom. The maximum Gasteiger partial charge on any atom is 0.337 e. The van der Waals surface area contributed by atoms with Gasteiger partial charge in [-0.25, -0.2) is 9.78 Å². The number of carbonyl (C=O) groups is 1. The van der Waals surface area contributed by atoms with Crippen LogP contribution in [0.3, 0.4) is 0 Å². The first kappa shape index (κ1) is 13.6. The molecule has 0 radical (unpaired) electrons. The van der Waals surface area contributed by atoms with Crippen molar-refractivity contribution < 1.29 is 9.90 Å². The van der Waals surface area contributed by atoms with Crippen LogP contribution in [0.1, 0.15) is 49.4 Å². The molecule has 19 heavy (non-hydrogen) atoms. The van der Waals surface area contributed by atoms with Crippen molar-refractivity contribution in [3.05, 3.63) is 17.8 Å². The highest BCUT2D eigenvalue weighted by atomic mass is 16.4. The third kappa shape index (κ3) is 3.36. The lowest BCUT2D eigenvalue weighted by Crippen LogP contribution is -2.29. The second-order valence-corrected chi connectivity index (χ2v) is 5.68. The number of carboxylic acid groups (broad SMARTS) is 1. The van der Waals surface area contributed by atoms with E-state index in [1.807, 2.05) is 0 Å². The van der Waals surface area contributed by atoms with Crippen LogP contribution in [0.5, 0.6) is 0 Å². The molecule has 4 N–H and O–H groups in total. The van der Waals surface area contributed by atoms with Crippen molar-refractivity contribution in [1.29, 1.82) is 0 Å². The standard InChI is InChI=1S/C14H21N3O2/c1-14(5-3-2-4-6-14)9-17-11-8-16-12(15)7-10(11)13(18)19/h7-8,17H,2-6,9H2,1H3,(H2,15,16)(H,18,19). The van der Waals surface area contributed by atoms with Crippen LogP contribution in [0.25, 0.3) is 0 Å². The Bertz CT molecular complexity index is 468. The highest BCUT2D eigenvalue weighted by Gasteiger charge is 2.27. The number of rotatable bonds is 4. The molecule has 104 valence electrons. The first-order valence-electron chi connectivity index (χ1n) is 6.73. The molecule has 1 aliphatic carbocycles. The lowest BCUT2D eigenvalue weighted by Gasteiger charge is -2.34. The van der Waals surface area contributed by atoms with Gasteiger partial charge < -0.3 is 16.2 Å². The summed E-state index contributed by atoms with van der Waals surface area (Å²) in [5.41, 5.74) is 6.51. The van der Waals surface area contributed by atoms with Crippen molar-refractivity contribution in [3.8, 4) is 0 Å². The predicted molar refractivity (Wildman–Crippen MR) is 75.3 cm³/mol. The topological polar surface area (TPSA) is 88.2 Å². The molecule has 5 heteroatoms.